The van der Waals surface area contributed by atoms with Gasteiger partial charge in [-0.15, -0.1) is 0 Å². The SMILES string of the molecule is Cc1cc(CN)c(CN)cc1N. The van der Waals surface area contributed by atoms with Crippen LogP contribution in [0.25, 0.3) is 0 Å². The molecule has 0 atom stereocenters. The van der Waals surface area contributed by atoms with Gasteiger partial charge in [0.15, 0.2) is 0 Å². The molecule has 0 aromatic heterocycles. The summed E-state index contributed by atoms with van der Waals surface area (Å²) in [5.74, 6) is 0. The van der Waals surface area contributed by atoms with Crippen molar-refractivity contribution in [3.63, 3.8) is 0 Å². The van der Waals surface area contributed by atoms with E-state index in [1.54, 1.807) is 0 Å². The molecule has 1 rings (SSSR count). The number of aryl methyl sites for hydroxylation is 1. The molecule has 0 saturated heterocycles. The molecule has 6 N–H and O–H groups in total. The minimum atomic E-state index is 0.497. The largest absolute Gasteiger partial charge is 0.399 e. The minimum Gasteiger partial charge on any atom is -0.399 e. The van der Waals surface area contributed by atoms with E-state index in [1.807, 2.05) is 19.1 Å². The van der Waals surface area contributed by atoms with Gasteiger partial charge in [-0.2, -0.15) is 0 Å². The van der Waals surface area contributed by atoms with Gasteiger partial charge in [-0.1, -0.05) is 6.07 Å². The molecule has 66 valence electrons. The van der Waals surface area contributed by atoms with E-state index in [0.717, 1.165) is 22.4 Å². The van der Waals surface area contributed by atoms with Crippen molar-refractivity contribution in [2.75, 3.05) is 5.73 Å². The van der Waals surface area contributed by atoms with E-state index in [0.29, 0.717) is 13.1 Å². The van der Waals surface area contributed by atoms with E-state index >= 15 is 0 Å². The fourth-order valence-electron chi connectivity index (χ4n) is 1.21. The molecule has 3 heteroatoms. The van der Waals surface area contributed by atoms with Gasteiger partial charge in [0.25, 0.3) is 0 Å². The zero-order chi connectivity index (χ0) is 9.14. The maximum atomic E-state index is 5.72. The van der Waals surface area contributed by atoms with Crippen LogP contribution in [-0.2, 0) is 13.1 Å². The molecule has 0 amide bonds. The predicted octanol–water partition coefficient (Wildman–Crippen LogP) is 0.495. The number of hydrogen-bond donors (Lipinski definition) is 3. The topological polar surface area (TPSA) is 78.1 Å². The monoisotopic (exact) mass is 165 g/mol. The van der Waals surface area contributed by atoms with Crippen LogP contribution in [0.5, 0.6) is 0 Å². The van der Waals surface area contributed by atoms with Gasteiger partial charge in [-0.05, 0) is 29.7 Å². The third-order valence-electron chi connectivity index (χ3n) is 2.03. The maximum Gasteiger partial charge on any atom is 0.0347 e. The van der Waals surface area contributed by atoms with Crippen LogP contribution in [0.2, 0.25) is 0 Å². The van der Waals surface area contributed by atoms with Crippen molar-refractivity contribution in [1.29, 1.82) is 0 Å². The molecule has 3 nitrogen and oxygen atoms in total. The Labute approximate surface area is 72.5 Å². The van der Waals surface area contributed by atoms with Crippen molar-refractivity contribution < 1.29 is 0 Å². The van der Waals surface area contributed by atoms with Crippen molar-refractivity contribution in [3.05, 3.63) is 28.8 Å². The highest BCUT2D eigenvalue weighted by Crippen LogP contribution is 2.17. The van der Waals surface area contributed by atoms with Crippen molar-refractivity contribution in [3.8, 4) is 0 Å². The number of hydrogen-bond acceptors (Lipinski definition) is 3. The smallest absolute Gasteiger partial charge is 0.0347 e. The molecule has 0 bridgehead atoms. The second kappa shape index (κ2) is 3.56. The summed E-state index contributed by atoms with van der Waals surface area (Å²) in [5, 5.41) is 0. The molecular weight excluding hydrogens is 150 g/mol. The van der Waals surface area contributed by atoms with Crippen LogP contribution in [0.1, 0.15) is 16.7 Å². The summed E-state index contributed by atoms with van der Waals surface area (Å²) >= 11 is 0. The lowest BCUT2D eigenvalue weighted by Crippen LogP contribution is -2.07. The molecule has 1 aromatic carbocycles. The second-order valence-electron chi connectivity index (χ2n) is 2.89. The van der Waals surface area contributed by atoms with E-state index in [2.05, 4.69) is 0 Å². The summed E-state index contributed by atoms with van der Waals surface area (Å²) in [4.78, 5) is 0. The van der Waals surface area contributed by atoms with Crippen molar-refractivity contribution in [2.24, 2.45) is 11.5 Å². The first kappa shape index (κ1) is 9.03. The highest BCUT2D eigenvalue weighted by atomic mass is 14.6. The number of benzene rings is 1. The Hall–Kier alpha value is -1.06. The first-order valence-electron chi connectivity index (χ1n) is 3.97. The lowest BCUT2D eigenvalue weighted by Gasteiger charge is -2.08. The maximum absolute atomic E-state index is 5.72. The molecule has 1 aromatic rings. The van der Waals surface area contributed by atoms with E-state index in [4.69, 9.17) is 17.2 Å². The summed E-state index contributed by atoms with van der Waals surface area (Å²) in [6.07, 6.45) is 0. The lowest BCUT2D eigenvalue weighted by atomic mass is 10.0. The quantitative estimate of drug-likeness (QED) is 0.558. The van der Waals surface area contributed by atoms with Crippen molar-refractivity contribution >= 4 is 5.69 Å². The van der Waals surface area contributed by atoms with Crippen LogP contribution in [0, 0.1) is 6.92 Å². The standard InChI is InChI=1S/C9H15N3/c1-6-2-7(4-10)8(5-11)3-9(6)12/h2-3H,4-5,10-12H2,1H3. The van der Waals surface area contributed by atoms with Crippen LogP contribution in [0.4, 0.5) is 5.69 Å². The Morgan fingerprint density at radius 1 is 1.08 bits per heavy atom. The zero-order valence-electron chi connectivity index (χ0n) is 7.30. The zero-order valence-corrected chi connectivity index (χ0v) is 7.30. The Kier molecular flexibility index (Phi) is 2.68. The molecule has 0 spiro atoms. The van der Waals surface area contributed by atoms with Gasteiger partial charge in [-0.25, -0.2) is 0 Å². The Bertz CT molecular complexity index is 252. The fraction of sp³-hybridized carbons (Fsp3) is 0.333. The average molecular weight is 165 g/mol. The molecule has 0 fully saturated rings. The highest BCUT2D eigenvalue weighted by molar-refractivity contribution is 5.51. The van der Waals surface area contributed by atoms with Crippen LogP contribution in [0.3, 0.4) is 0 Å². The third kappa shape index (κ3) is 1.57. The summed E-state index contributed by atoms with van der Waals surface area (Å²) in [5.41, 5.74) is 20.8. The number of anilines is 1. The van der Waals surface area contributed by atoms with E-state index < -0.39 is 0 Å². The first-order valence-corrected chi connectivity index (χ1v) is 3.97. The highest BCUT2D eigenvalue weighted by Gasteiger charge is 2.02. The van der Waals surface area contributed by atoms with E-state index in [-0.39, 0.29) is 0 Å². The van der Waals surface area contributed by atoms with E-state index in [9.17, 15) is 0 Å². The van der Waals surface area contributed by atoms with Crippen molar-refractivity contribution in [1.82, 2.24) is 0 Å². The minimum absolute atomic E-state index is 0.497. The Morgan fingerprint density at radius 2 is 1.58 bits per heavy atom. The predicted molar refractivity (Wildman–Crippen MR) is 51.4 cm³/mol. The number of rotatable bonds is 2. The van der Waals surface area contributed by atoms with Crippen LogP contribution in [0.15, 0.2) is 12.1 Å². The van der Waals surface area contributed by atoms with Crippen molar-refractivity contribution in [2.45, 2.75) is 20.0 Å². The summed E-state index contributed by atoms with van der Waals surface area (Å²) < 4.78 is 0. The average Bonchev–Trinajstić information content (AvgIpc) is 2.09. The van der Waals surface area contributed by atoms with Crippen LogP contribution >= 0.6 is 0 Å². The Balaban J connectivity index is 3.19. The molecule has 12 heavy (non-hydrogen) atoms. The molecule has 0 aliphatic heterocycles. The van der Waals surface area contributed by atoms with Gasteiger partial charge in [0.2, 0.25) is 0 Å². The summed E-state index contributed by atoms with van der Waals surface area (Å²) in [6.45, 7) is 2.99. The number of nitrogens with two attached hydrogens (primary N) is 3. The molecule has 0 radical (unpaired) electrons. The van der Waals surface area contributed by atoms with Gasteiger partial charge in [0, 0.05) is 18.8 Å². The van der Waals surface area contributed by atoms with Crippen LogP contribution in [-0.4, -0.2) is 0 Å². The summed E-state index contributed by atoms with van der Waals surface area (Å²) in [6, 6.07) is 3.90. The van der Waals surface area contributed by atoms with Gasteiger partial charge < -0.3 is 17.2 Å². The first-order chi connectivity index (χ1) is 5.69. The second-order valence-corrected chi connectivity index (χ2v) is 2.89. The lowest BCUT2D eigenvalue weighted by molar-refractivity contribution is 0.977. The Morgan fingerprint density at radius 3 is 2.08 bits per heavy atom. The van der Waals surface area contributed by atoms with Crippen LogP contribution < -0.4 is 17.2 Å². The normalized spacial score (nSPS) is 10.2. The van der Waals surface area contributed by atoms with Gasteiger partial charge in [0.05, 0.1) is 0 Å². The molecule has 0 aliphatic carbocycles. The third-order valence-corrected chi connectivity index (χ3v) is 2.03. The molecular formula is C9H15N3. The summed E-state index contributed by atoms with van der Waals surface area (Å²) in [7, 11) is 0. The van der Waals surface area contributed by atoms with Gasteiger partial charge in [0.1, 0.15) is 0 Å². The van der Waals surface area contributed by atoms with E-state index in [1.165, 1.54) is 0 Å². The molecule has 0 aliphatic rings. The molecule has 0 unspecified atom stereocenters. The fourth-order valence-corrected chi connectivity index (χ4v) is 1.21. The van der Waals surface area contributed by atoms with Gasteiger partial charge in [-0.3, -0.25) is 0 Å². The molecule has 0 heterocycles. The number of nitrogen functional groups attached to an aromatic ring is 1. The van der Waals surface area contributed by atoms with Gasteiger partial charge >= 0.3 is 0 Å². The molecule has 0 saturated carbocycles.